The molecule has 0 aliphatic rings. The van der Waals surface area contributed by atoms with Crippen LogP contribution < -0.4 is 5.32 Å². The van der Waals surface area contributed by atoms with Gasteiger partial charge in [0.2, 0.25) is 0 Å². The summed E-state index contributed by atoms with van der Waals surface area (Å²) in [5.74, 6) is 0. The molecule has 0 amide bonds. The molecule has 0 fully saturated rings. The molecule has 3 nitrogen and oxygen atoms in total. The van der Waals surface area contributed by atoms with Gasteiger partial charge >= 0.3 is 0 Å². The quantitative estimate of drug-likeness (QED) is 0.734. The summed E-state index contributed by atoms with van der Waals surface area (Å²) >= 11 is 0. The lowest BCUT2D eigenvalue weighted by atomic mass is 9.81. The number of likely N-dealkylation sites (N-methyl/N-ethyl adjacent to an activating group) is 2. The van der Waals surface area contributed by atoms with E-state index in [0.717, 1.165) is 26.2 Å². The second-order valence-corrected chi connectivity index (χ2v) is 6.82. The van der Waals surface area contributed by atoms with Crippen LogP contribution in [-0.2, 0) is 5.41 Å². The fraction of sp³-hybridized carbons (Fsp3) is 0.667. The van der Waals surface area contributed by atoms with Crippen molar-refractivity contribution in [1.82, 2.24) is 10.2 Å². The van der Waals surface area contributed by atoms with Crippen molar-refractivity contribution in [1.29, 1.82) is 0 Å². The average Bonchev–Trinajstić information content (AvgIpc) is 2.44. The first kappa shape index (κ1) is 18.1. The van der Waals surface area contributed by atoms with E-state index in [1.54, 1.807) is 0 Å². The van der Waals surface area contributed by atoms with Crippen molar-refractivity contribution in [3.05, 3.63) is 35.9 Å². The molecule has 0 radical (unpaired) electrons. The van der Waals surface area contributed by atoms with Gasteiger partial charge in [-0.25, -0.2) is 0 Å². The van der Waals surface area contributed by atoms with Crippen LogP contribution in [0.1, 0.15) is 40.2 Å². The molecule has 0 saturated heterocycles. The van der Waals surface area contributed by atoms with Gasteiger partial charge in [0.05, 0.1) is 5.60 Å². The highest BCUT2D eigenvalue weighted by Gasteiger charge is 2.30. The van der Waals surface area contributed by atoms with Crippen molar-refractivity contribution in [2.75, 3.05) is 32.7 Å². The zero-order valence-corrected chi connectivity index (χ0v) is 14.3. The first-order valence-corrected chi connectivity index (χ1v) is 8.01. The number of nitrogens with zero attached hydrogens (tertiary/aromatic N) is 1. The molecular weight excluding hydrogens is 260 g/mol. The Morgan fingerprint density at radius 1 is 1.05 bits per heavy atom. The number of rotatable bonds is 9. The summed E-state index contributed by atoms with van der Waals surface area (Å²) in [7, 11) is 0. The van der Waals surface area contributed by atoms with Crippen molar-refractivity contribution in [2.45, 2.75) is 45.6 Å². The molecule has 1 atom stereocenters. The number of benzene rings is 1. The summed E-state index contributed by atoms with van der Waals surface area (Å²) in [5.41, 5.74) is 0.727. The molecule has 2 N–H and O–H groups in total. The molecule has 0 heterocycles. The van der Waals surface area contributed by atoms with Gasteiger partial charge in [0.15, 0.2) is 0 Å². The maximum atomic E-state index is 10.1. The molecule has 3 heteroatoms. The minimum atomic E-state index is -0.661. The highest BCUT2D eigenvalue weighted by Crippen LogP contribution is 2.25. The predicted octanol–water partition coefficient (Wildman–Crippen LogP) is 2.65. The molecule has 21 heavy (non-hydrogen) atoms. The minimum Gasteiger partial charge on any atom is -0.389 e. The Labute approximate surface area is 130 Å². The number of hydrogen-bond acceptors (Lipinski definition) is 3. The molecule has 0 aromatic heterocycles. The van der Waals surface area contributed by atoms with E-state index in [4.69, 9.17) is 0 Å². The fourth-order valence-corrected chi connectivity index (χ4v) is 2.81. The molecule has 0 aliphatic carbocycles. The van der Waals surface area contributed by atoms with Crippen LogP contribution in [-0.4, -0.2) is 48.3 Å². The van der Waals surface area contributed by atoms with Gasteiger partial charge in [0.1, 0.15) is 0 Å². The van der Waals surface area contributed by atoms with Gasteiger partial charge in [-0.05, 0) is 32.5 Å². The maximum absolute atomic E-state index is 10.1. The predicted molar refractivity (Wildman–Crippen MR) is 90.7 cm³/mol. The van der Waals surface area contributed by atoms with Crippen LogP contribution in [0, 0.1) is 0 Å². The molecular formula is C18H32N2O. The first-order chi connectivity index (χ1) is 9.80. The van der Waals surface area contributed by atoms with E-state index in [-0.39, 0.29) is 5.41 Å². The van der Waals surface area contributed by atoms with Gasteiger partial charge in [0.25, 0.3) is 0 Å². The van der Waals surface area contributed by atoms with Crippen molar-refractivity contribution in [3.63, 3.8) is 0 Å². The summed E-state index contributed by atoms with van der Waals surface area (Å²) in [5, 5.41) is 13.6. The Morgan fingerprint density at radius 2 is 1.67 bits per heavy atom. The third-order valence-electron chi connectivity index (χ3n) is 3.87. The van der Waals surface area contributed by atoms with Gasteiger partial charge in [-0.2, -0.15) is 0 Å². The Hall–Kier alpha value is -0.900. The molecule has 1 unspecified atom stereocenters. The van der Waals surface area contributed by atoms with E-state index in [1.807, 2.05) is 13.8 Å². The van der Waals surface area contributed by atoms with Gasteiger partial charge in [-0.15, -0.1) is 0 Å². The SMILES string of the molecule is CCNCC(C)(CN(CC)CC(C)(C)O)c1ccccc1. The Kier molecular flexibility index (Phi) is 6.85. The van der Waals surface area contributed by atoms with Crippen molar-refractivity contribution in [2.24, 2.45) is 0 Å². The molecule has 1 rings (SSSR count). The van der Waals surface area contributed by atoms with Crippen LogP contribution in [0.15, 0.2) is 30.3 Å². The third kappa shape index (κ3) is 6.16. The van der Waals surface area contributed by atoms with Gasteiger partial charge in [-0.3, -0.25) is 4.90 Å². The summed E-state index contributed by atoms with van der Waals surface area (Å²) in [4.78, 5) is 2.34. The van der Waals surface area contributed by atoms with Crippen LogP contribution in [0.2, 0.25) is 0 Å². The Morgan fingerprint density at radius 3 is 2.14 bits per heavy atom. The molecule has 0 spiro atoms. The van der Waals surface area contributed by atoms with Crippen LogP contribution >= 0.6 is 0 Å². The first-order valence-electron chi connectivity index (χ1n) is 8.01. The minimum absolute atomic E-state index is 0.0402. The normalized spacial score (nSPS) is 15.2. The maximum Gasteiger partial charge on any atom is 0.0718 e. The molecule has 1 aromatic carbocycles. The van der Waals surface area contributed by atoms with E-state index in [9.17, 15) is 5.11 Å². The zero-order valence-electron chi connectivity index (χ0n) is 14.3. The second-order valence-electron chi connectivity index (χ2n) is 6.82. The van der Waals surface area contributed by atoms with Crippen molar-refractivity contribution in [3.8, 4) is 0 Å². The lowest BCUT2D eigenvalue weighted by Gasteiger charge is -2.38. The molecule has 0 aliphatic heterocycles. The Bertz CT molecular complexity index is 399. The van der Waals surface area contributed by atoms with Crippen molar-refractivity contribution >= 4 is 0 Å². The molecule has 0 bridgehead atoms. The number of nitrogens with one attached hydrogen (secondary N) is 1. The fourth-order valence-electron chi connectivity index (χ4n) is 2.81. The topological polar surface area (TPSA) is 35.5 Å². The van der Waals surface area contributed by atoms with Crippen LogP contribution in [0.4, 0.5) is 0 Å². The monoisotopic (exact) mass is 292 g/mol. The van der Waals surface area contributed by atoms with E-state index in [0.29, 0.717) is 6.54 Å². The van der Waals surface area contributed by atoms with Gasteiger partial charge in [0, 0.05) is 25.0 Å². The average molecular weight is 292 g/mol. The summed E-state index contributed by atoms with van der Waals surface area (Å²) in [6, 6.07) is 10.7. The summed E-state index contributed by atoms with van der Waals surface area (Å²) in [6.07, 6.45) is 0. The zero-order chi connectivity index (χ0) is 15.9. The molecule has 120 valence electrons. The Balaban J connectivity index is 2.91. The van der Waals surface area contributed by atoms with Crippen molar-refractivity contribution < 1.29 is 5.11 Å². The molecule has 0 saturated carbocycles. The van der Waals surface area contributed by atoms with Gasteiger partial charge < -0.3 is 10.4 Å². The smallest absolute Gasteiger partial charge is 0.0718 e. The molecule has 1 aromatic rings. The van der Waals surface area contributed by atoms with E-state index >= 15 is 0 Å². The van der Waals surface area contributed by atoms with Crippen LogP contribution in [0.5, 0.6) is 0 Å². The lowest BCUT2D eigenvalue weighted by Crippen LogP contribution is -2.49. The van der Waals surface area contributed by atoms with E-state index in [2.05, 4.69) is 61.3 Å². The number of aliphatic hydroxyl groups is 1. The third-order valence-corrected chi connectivity index (χ3v) is 3.87. The lowest BCUT2D eigenvalue weighted by molar-refractivity contribution is 0.0310. The number of hydrogen-bond donors (Lipinski definition) is 2. The van der Waals surface area contributed by atoms with Crippen LogP contribution in [0.3, 0.4) is 0 Å². The second kappa shape index (κ2) is 7.92. The standard InChI is InChI=1S/C18H32N2O/c1-6-19-13-18(5,16-11-9-8-10-12-16)15-20(7-2)14-17(3,4)21/h8-12,19,21H,6-7,13-15H2,1-5H3. The summed E-state index contributed by atoms with van der Waals surface area (Å²) < 4.78 is 0. The van der Waals surface area contributed by atoms with E-state index in [1.165, 1.54) is 5.56 Å². The largest absolute Gasteiger partial charge is 0.389 e. The van der Waals surface area contributed by atoms with Crippen LogP contribution in [0.25, 0.3) is 0 Å². The van der Waals surface area contributed by atoms with E-state index < -0.39 is 5.60 Å². The van der Waals surface area contributed by atoms with Gasteiger partial charge in [-0.1, -0.05) is 51.1 Å². The highest BCUT2D eigenvalue weighted by molar-refractivity contribution is 5.25. The summed E-state index contributed by atoms with van der Waals surface area (Å²) in [6.45, 7) is 14.8. The highest BCUT2D eigenvalue weighted by atomic mass is 16.3.